The molecule has 6 nitrogen and oxygen atoms in total. The molecule has 34 heavy (non-hydrogen) atoms. The van der Waals surface area contributed by atoms with E-state index in [0.717, 1.165) is 24.2 Å². The molecule has 174 valence electrons. The van der Waals surface area contributed by atoms with Crippen molar-refractivity contribution in [2.24, 2.45) is 0 Å². The topological polar surface area (TPSA) is 53.1 Å². The zero-order valence-electron chi connectivity index (χ0n) is 19.2. The number of amides is 2. The molecule has 0 spiro atoms. The van der Waals surface area contributed by atoms with Crippen molar-refractivity contribution in [2.75, 3.05) is 39.3 Å². The lowest BCUT2D eigenvalue weighted by Crippen LogP contribution is -2.64. The lowest BCUT2D eigenvalue weighted by molar-refractivity contribution is 0.00835. The van der Waals surface area contributed by atoms with Crippen molar-refractivity contribution in [2.45, 2.75) is 12.6 Å². The zero-order valence-corrected chi connectivity index (χ0v) is 19.2. The van der Waals surface area contributed by atoms with E-state index >= 15 is 0 Å². The summed E-state index contributed by atoms with van der Waals surface area (Å²) in [6, 6.07) is 27.2. The van der Waals surface area contributed by atoms with Crippen molar-refractivity contribution in [1.29, 1.82) is 0 Å². The van der Waals surface area contributed by atoms with E-state index < -0.39 is 0 Å². The van der Waals surface area contributed by atoms with Gasteiger partial charge in [-0.15, -0.1) is 0 Å². The third-order valence-corrected chi connectivity index (χ3v) is 6.64. The standard InChI is InChI=1S/C28H29N3O3/c32-27(23-11-5-2-6-12-23)30-17-15-29(16-18-30)24-19-31(20-24)28(33)25-13-7-8-14-26(25)34-21-22-9-3-1-4-10-22/h1-14,24H,15-21H2. The Morgan fingerprint density at radius 3 is 2.03 bits per heavy atom. The van der Waals surface area contributed by atoms with Gasteiger partial charge in [-0.2, -0.15) is 0 Å². The molecule has 3 aromatic rings. The lowest BCUT2D eigenvalue weighted by atomic mass is 10.0. The van der Waals surface area contributed by atoms with Gasteiger partial charge in [-0.3, -0.25) is 14.5 Å². The minimum atomic E-state index is 0.0119. The number of rotatable bonds is 6. The zero-order chi connectivity index (χ0) is 23.3. The second-order valence-corrected chi connectivity index (χ2v) is 8.83. The Morgan fingerprint density at radius 2 is 1.32 bits per heavy atom. The highest BCUT2D eigenvalue weighted by atomic mass is 16.5. The number of ether oxygens (including phenoxy) is 1. The largest absolute Gasteiger partial charge is 0.488 e. The molecule has 2 aliphatic heterocycles. The Balaban J connectivity index is 1.13. The van der Waals surface area contributed by atoms with Crippen LogP contribution in [-0.4, -0.2) is 71.8 Å². The molecular formula is C28H29N3O3. The summed E-state index contributed by atoms with van der Waals surface area (Å²) in [5, 5.41) is 0. The van der Waals surface area contributed by atoms with E-state index in [4.69, 9.17) is 4.74 Å². The molecule has 2 fully saturated rings. The average molecular weight is 456 g/mol. The van der Waals surface area contributed by atoms with E-state index in [1.54, 1.807) is 0 Å². The van der Waals surface area contributed by atoms with Crippen LogP contribution < -0.4 is 4.74 Å². The summed E-state index contributed by atoms with van der Waals surface area (Å²) in [6.07, 6.45) is 0. The summed E-state index contributed by atoms with van der Waals surface area (Å²) in [4.78, 5) is 32.0. The molecule has 0 unspecified atom stereocenters. The van der Waals surface area contributed by atoms with Crippen LogP contribution in [0.3, 0.4) is 0 Å². The van der Waals surface area contributed by atoms with Gasteiger partial charge in [0.25, 0.3) is 11.8 Å². The van der Waals surface area contributed by atoms with Crippen molar-refractivity contribution in [1.82, 2.24) is 14.7 Å². The van der Waals surface area contributed by atoms with Gasteiger partial charge in [0.1, 0.15) is 12.4 Å². The number of nitrogens with zero attached hydrogens (tertiary/aromatic N) is 3. The SMILES string of the molecule is O=C(c1ccccc1)N1CCN(C2CN(C(=O)c3ccccc3OCc3ccccc3)C2)CC1. The van der Waals surface area contributed by atoms with Crippen LogP contribution in [0.1, 0.15) is 26.3 Å². The second-order valence-electron chi connectivity index (χ2n) is 8.83. The van der Waals surface area contributed by atoms with Gasteiger partial charge < -0.3 is 14.5 Å². The van der Waals surface area contributed by atoms with E-state index in [2.05, 4.69) is 4.90 Å². The smallest absolute Gasteiger partial charge is 0.257 e. The van der Waals surface area contributed by atoms with Crippen LogP contribution in [0.25, 0.3) is 0 Å². The number of para-hydroxylation sites is 1. The van der Waals surface area contributed by atoms with Crippen LogP contribution in [0.4, 0.5) is 0 Å². The normalized spacial score (nSPS) is 16.7. The van der Waals surface area contributed by atoms with E-state index in [-0.39, 0.29) is 11.8 Å². The number of hydrogen-bond donors (Lipinski definition) is 0. The lowest BCUT2D eigenvalue weighted by Gasteiger charge is -2.48. The molecule has 0 bridgehead atoms. The van der Waals surface area contributed by atoms with Crippen LogP contribution >= 0.6 is 0 Å². The number of piperazine rings is 1. The van der Waals surface area contributed by atoms with Crippen LogP contribution in [0.15, 0.2) is 84.9 Å². The molecule has 2 heterocycles. The van der Waals surface area contributed by atoms with Gasteiger partial charge in [0.15, 0.2) is 0 Å². The second kappa shape index (κ2) is 10.1. The maximum atomic E-state index is 13.2. The fourth-order valence-corrected chi connectivity index (χ4v) is 4.58. The molecule has 2 aliphatic rings. The molecule has 3 aromatic carbocycles. The molecule has 0 N–H and O–H groups in total. The molecule has 0 aromatic heterocycles. The first-order valence-corrected chi connectivity index (χ1v) is 11.8. The van der Waals surface area contributed by atoms with Gasteiger partial charge in [-0.1, -0.05) is 60.7 Å². The number of likely N-dealkylation sites (tertiary alicyclic amines) is 1. The summed E-state index contributed by atoms with van der Waals surface area (Å²) in [5.74, 6) is 0.725. The number of carbonyl (C=O) groups is 2. The summed E-state index contributed by atoms with van der Waals surface area (Å²) < 4.78 is 5.98. The van der Waals surface area contributed by atoms with E-state index in [1.165, 1.54) is 0 Å². The van der Waals surface area contributed by atoms with E-state index in [0.29, 0.717) is 50.1 Å². The minimum Gasteiger partial charge on any atom is -0.488 e. The summed E-state index contributed by atoms with van der Waals surface area (Å²) in [6.45, 7) is 4.95. The highest BCUT2D eigenvalue weighted by Crippen LogP contribution is 2.25. The maximum absolute atomic E-state index is 13.2. The van der Waals surface area contributed by atoms with Crippen molar-refractivity contribution >= 4 is 11.8 Å². The first-order chi connectivity index (χ1) is 16.7. The Labute approximate surface area is 200 Å². The predicted molar refractivity (Wildman–Crippen MR) is 131 cm³/mol. The summed E-state index contributed by atoms with van der Waals surface area (Å²) in [5.41, 5.74) is 2.42. The average Bonchev–Trinajstić information content (AvgIpc) is 2.88. The number of hydrogen-bond acceptors (Lipinski definition) is 4. The highest BCUT2D eigenvalue weighted by Gasteiger charge is 2.37. The Bertz CT molecular complexity index is 1120. The first-order valence-electron chi connectivity index (χ1n) is 11.8. The third-order valence-electron chi connectivity index (χ3n) is 6.64. The maximum Gasteiger partial charge on any atom is 0.257 e. The van der Waals surface area contributed by atoms with Crippen molar-refractivity contribution in [3.05, 3.63) is 102 Å². The summed E-state index contributed by atoms with van der Waals surface area (Å²) in [7, 11) is 0. The molecule has 0 saturated carbocycles. The monoisotopic (exact) mass is 455 g/mol. The van der Waals surface area contributed by atoms with Crippen LogP contribution in [0, 0.1) is 0 Å². The van der Waals surface area contributed by atoms with Gasteiger partial charge in [-0.25, -0.2) is 0 Å². The number of carbonyl (C=O) groups excluding carboxylic acids is 2. The molecule has 2 amide bonds. The Hall–Kier alpha value is -3.64. The van der Waals surface area contributed by atoms with Crippen molar-refractivity contribution in [3.63, 3.8) is 0 Å². The molecular weight excluding hydrogens is 426 g/mol. The Morgan fingerprint density at radius 1 is 0.706 bits per heavy atom. The van der Waals surface area contributed by atoms with Gasteiger partial charge >= 0.3 is 0 Å². The molecule has 0 radical (unpaired) electrons. The fourth-order valence-electron chi connectivity index (χ4n) is 4.58. The summed E-state index contributed by atoms with van der Waals surface area (Å²) >= 11 is 0. The number of benzene rings is 3. The minimum absolute atomic E-state index is 0.0119. The van der Waals surface area contributed by atoms with Crippen LogP contribution in [0.5, 0.6) is 5.75 Å². The molecule has 0 atom stereocenters. The van der Waals surface area contributed by atoms with E-state index in [9.17, 15) is 9.59 Å². The van der Waals surface area contributed by atoms with Crippen LogP contribution in [0.2, 0.25) is 0 Å². The molecule has 2 saturated heterocycles. The molecule has 6 heteroatoms. The highest BCUT2D eigenvalue weighted by molar-refractivity contribution is 5.97. The Kier molecular flexibility index (Phi) is 6.58. The third kappa shape index (κ3) is 4.82. The fraction of sp³-hybridized carbons (Fsp3) is 0.286. The van der Waals surface area contributed by atoms with Crippen LogP contribution in [-0.2, 0) is 6.61 Å². The molecule has 5 rings (SSSR count). The van der Waals surface area contributed by atoms with Gasteiger partial charge in [0, 0.05) is 50.9 Å². The van der Waals surface area contributed by atoms with E-state index in [1.807, 2.05) is 94.7 Å². The predicted octanol–water partition coefficient (Wildman–Crippen LogP) is 3.55. The first kappa shape index (κ1) is 22.2. The van der Waals surface area contributed by atoms with Gasteiger partial charge in [-0.05, 0) is 29.8 Å². The van der Waals surface area contributed by atoms with Gasteiger partial charge in [0.2, 0.25) is 0 Å². The van der Waals surface area contributed by atoms with Gasteiger partial charge in [0.05, 0.1) is 5.56 Å². The van der Waals surface area contributed by atoms with Crippen molar-refractivity contribution in [3.8, 4) is 5.75 Å². The quantitative estimate of drug-likeness (QED) is 0.571. The molecule has 0 aliphatic carbocycles. The van der Waals surface area contributed by atoms with Crippen molar-refractivity contribution < 1.29 is 14.3 Å².